The number of pyridine rings is 1. The molecule has 0 atom stereocenters. The third kappa shape index (κ3) is 1.60. The van der Waals surface area contributed by atoms with Gasteiger partial charge in [-0.15, -0.1) is 0 Å². The van der Waals surface area contributed by atoms with Gasteiger partial charge in [0.25, 0.3) is 0 Å². The van der Waals surface area contributed by atoms with Gasteiger partial charge in [0.1, 0.15) is 0 Å². The summed E-state index contributed by atoms with van der Waals surface area (Å²) in [7, 11) is 0. The number of rotatable bonds is 1. The van der Waals surface area contributed by atoms with Gasteiger partial charge in [0, 0.05) is 18.0 Å². The Bertz CT molecular complexity index is 294. The van der Waals surface area contributed by atoms with Gasteiger partial charge in [-0.2, -0.15) is 0 Å². The number of halogens is 1. The predicted molar refractivity (Wildman–Crippen MR) is 51.1 cm³/mol. The lowest BCUT2D eigenvalue weighted by Gasteiger charge is -2.04. The second kappa shape index (κ2) is 3.05. The molecule has 58 valence electrons. The molecule has 1 rings (SSSR count). The fraction of sp³-hybridized carbons (Fsp3) is 0.125. The number of aromatic nitrogens is 1. The lowest BCUT2D eigenvalue weighted by atomic mass is 10.1. The molecule has 0 radical (unpaired) electrons. The molecule has 0 fully saturated rings. The summed E-state index contributed by atoms with van der Waals surface area (Å²) in [6.45, 7) is 5.69. The first-order chi connectivity index (χ1) is 5.13. The van der Waals surface area contributed by atoms with E-state index in [0.717, 1.165) is 15.6 Å². The Balaban J connectivity index is 3.27. The first-order valence-electron chi connectivity index (χ1n) is 3.17. The molecule has 1 aromatic heterocycles. The fourth-order valence-corrected chi connectivity index (χ4v) is 1.12. The number of allylic oxidation sites excluding steroid dienone is 1. The van der Waals surface area contributed by atoms with E-state index in [9.17, 15) is 0 Å². The van der Waals surface area contributed by atoms with Crippen LogP contribution in [0.2, 0.25) is 0 Å². The second-order valence-corrected chi connectivity index (χ2v) is 3.22. The maximum atomic E-state index is 5.74. The van der Waals surface area contributed by atoms with Crippen LogP contribution in [0.4, 0.5) is 5.69 Å². The van der Waals surface area contributed by atoms with E-state index < -0.39 is 0 Å². The SMILES string of the molecule is C=C(C)c1cncc(Br)c1N. The van der Waals surface area contributed by atoms with E-state index in [1.165, 1.54) is 0 Å². The van der Waals surface area contributed by atoms with Crippen molar-refractivity contribution in [3.63, 3.8) is 0 Å². The Kier molecular flexibility index (Phi) is 2.29. The van der Waals surface area contributed by atoms with Crippen molar-refractivity contribution in [2.24, 2.45) is 0 Å². The van der Waals surface area contributed by atoms with Crippen molar-refractivity contribution in [2.45, 2.75) is 6.92 Å². The van der Waals surface area contributed by atoms with Crippen LogP contribution in [0.5, 0.6) is 0 Å². The van der Waals surface area contributed by atoms with Gasteiger partial charge in [0.2, 0.25) is 0 Å². The van der Waals surface area contributed by atoms with Gasteiger partial charge < -0.3 is 5.73 Å². The van der Waals surface area contributed by atoms with E-state index in [1.807, 2.05) is 6.92 Å². The normalized spacial score (nSPS) is 9.64. The van der Waals surface area contributed by atoms with Gasteiger partial charge in [0.15, 0.2) is 0 Å². The zero-order chi connectivity index (χ0) is 8.43. The smallest absolute Gasteiger partial charge is 0.0594 e. The van der Waals surface area contributed by atoms with E-state index in [1.54, 1.807) is 12.4 Å². The van der Waals surface area contributed by atoms with Crippen LogP contribution < -0.4 is 5.73 Å². The first kappa shape index (κ1) is 8.27. The molecular weight excluding hydrogens is 204 g/mol. The molecule has 0 aliphatic carbocycles. The molecule has 1 heterocycles. The highest BCUT2D eigenvalue weighted by Crippen LogP contribution is 2.25. The van der Waals surface area contributed by atoms with Crippen LogP contribution in [-0.2, 0) is 0 Å². The van der Waals surface area contributed by atoms with Gasteiger partial charge >= 0.3 is 0 Å². The summed E-state index contributed by atoms with van der Waals surface area (Å²) in [4.78, 5) is 3.98. The number of hydrogen-bond donors (Lipinski definition) is 1. The molecule has 0 saturated heterocycles. The Morgan fingerprint density at radius 2 is 2.27 bits per heavy atom. The fourth-order valence-electron chi connectivity index (χ4n) is 0.785. The second-order valence-electron chi connectivity index (χ2n) is 2.36. The molecule has 0 saturated carbocycles. The summed E-state index contributed by atoms with van der Waals surface area (Å²) < 4.78 is 0.818. The largest absolute Gasteiger partial charge is 0.397 e. The van der Waals surface area contributed by atoms with Crippen LogP contribution >= 0.6 is 15.9 Å². The van der Waals surface area contributed by atoms with E-state index in [-0.39, 0.29) is 0 Å². The quantitative estimate of drug-likeness (QED) is 0.778. The number of hydrogen-bond acceptors (Lipinski definition) is 2. The molecule has 0 aliphatic heterocycles. The number of anilines is 1. The average Bonchev–Trinajstić information content (AvgIpc) is 1.94. The first-order valence-corrected chi connectivity index (χ1v) is 3.97. The zero-order valence-electron chi connectivity index (χ0n) is 6.26. The third-order valence-electron chi connectivity index (χ3n) is 1.40. The van der Waals surface area contributed by atoms with Crippen LogP contribution in [0, 0.1) is 0 Å². The number of nitrogens with zero attached hydrogens (tertiary/aromatic N) is 1. The standard InChI is InChI=1S/C8H9BrN2/c1-5(2)6-3-11-4-7(9)8(6)10/h3-4H,1H2,2H3,(H2,10,11). The summed E-state index contributed by atoms with van der Waals surface area (Å²) in [5.74, 6) is 0. The molecule has 0 bridgehead atoms. The van der Waals surface area contributed by atoms with Crippen molar-refractivity contribution in [3.05, 3.63) is 29.0 Å². The van der Waals surface area contributed by atoms with Gasteiger partial charge in [-0.3, -0.25) is 4.98 Å². The molecule has 11 heavy (non-hydrogen) atoms. The highest BCUT2D eigenvalue weighted by Gasteiger charge is 2.02. The van der Waals surface area contributed by atoms with E-state index in [0.29, 0.717) is 5.69 Å². The highest BCUT2D eigenvalue weighted by atomic mass is 79.9. The highest BCUT2D eigenvalue weighted by molar-refractivity contribution is 9.10. The van der Waals surface area contributed by atoms with Gasteiger partial charge in [-0.05, 0) is 28.4 Å². The van der Waals surface area contributed by atoms with Crippen LogP contribution in [0.1, 0.15) is 12.5 Å². The van der Waals surface area contributed by atoms with Gasteiger partial charge in [-0.25, -0.2) is 0 Å². The molecule has 2 N–H and O–H groups in total. The van der Waals surface area contributed by atoms with Crippen molar-refractivity contribution in [1.29, 1.82) is 0 Å². The summed E-state index contributed by atoms with van der Waals surface area (Å²) in [5, 5.41) is 0. The molecular formula is C8H9BrN2. The van der Waals surface area contributed by atoms with E-state index in [4.69, 9.17) is 5.73 Å². The Morgan fingerprint density at radius 1 is 1.64 bits per heavy atom. The lowest BCUT2D eigenvalue weighted by molar-refractivity contribution is 1.29. The molecule has 3 heteroatoms. The van der Waals surface area contributed by atoms with Crippen molar-refractivity contribution < 1.29 is 0 Å². The molecule has 0 aromatic carbocycles. The number of nitrogens with two attached hydrogens (primary N) is 1. The summed E-state index contributed by atoms with van der Waals surface area (Å²) in [5.41, 5.74) is 8.27. The molecule has 1 aromatic rings. The van der Waals surface area contributed by atoms with Crippen molar-refractivity contribution in [2.75, 3.05) is 5.73 Å². The summed E-state index contributed by atoms with van der Waals surface area (Å²) in [6, 6.07) is 0. The minimum absolute atomic E-state index is 0.701. The molecule has 0 unspecified atom stereocenters. The van der Waals surface area contributed by atoms with Crippen LogP contribution in [0.25, 0.3) is 5.57 Å². The monoisotopic (exact) mass is 212 g/mol. The molecule has 0 spiro atoms. The Labute approximate surface area is 74.3 Å². The summed E-state index contributed by atoms with van der Waals surface area (Å²) >= 11 is 3.29. The number of nitrogen functional groups attached to an aromatic ring is 1. The van der Waals surface area contributed by atoms with Crippen molar-refractivity contribution in [1.82, 2.24) is 4.98 Å². The zero-order valence-corrected chi connectivity index (χ0v) is 7.85. The third-order valence-corrected chi connectivity index (χ3v) is 2.03. The van der Waals surface area contributed by atoms with Gasteiger partial charge in [0.05, 0.1) is 10.2 Å². The maximum absolute atomic E-state index is 5.74. The Morgan fingerprint density at radius 3 is 2.73 bits per heavy atom. The average molecular weight is 213 g/mol. The molecule has 0 aliphatic rings. The predicted octanol–water partition coefficient (Wildman–Crippen LogP) is 2.46. The molecule has 2 nitrogen and oxygen atoms in total. The van der Waals surface area contributed by atoms with Crippen molar-refractivity contribution >= 4 is 27.2 Å². The maximum Gasteiger partial charge on any atom is 0.0594 e. The van der Waals surface area contributed by atoms with Crippen LogP contribution in [0.3, 0.4) is 0 Å². The van der Waals surface area contributed by atoms with Crippen molar-refractivity contribution in [3.8, 4) is 0 Å². The lowest BCUT2D eigenvalue weighted by Crippen LogP contribution is -1.93. The van der Waals surface area contributed by atoms with E-state index >= 15 is 0 Å². The van der Waals surface area contributed by atoms with Crippen LogP contribution in [0.15, 0.2) is 23.4 Å². The molecule has 0 amide bonds. The summed E-state index contributed by atoms with van der Waals surface area (Å²) in [6.07, 6.45) is 3.38. The van der Waals surface area contributed by atoms with E-state index in [2.05, 4.69) is 27.5 Å². The minimum atomic E-state index is 0.701. The minimum Gasteiger partial charge on any atom is -0.397 e. The topological polar surface area (TPSA) is 38.9 Å². The Hall–Kier alpha value is -0.830. The van der Waals surface area contributed by atoms with Gasteiger partial charge in [-0.1, -0.05) is 6.58 Å². The van der Waals surface area contributed by atoms with Crippen LogP contribution in [-0.4, -0.2) is 4.98 Å².